The number of fused-ring (bicyclic) bond motifs is 1. The van der Waals surface area contributed by atoms with Gasteiger partial charge in [0.15, 0.2) is 5.84 Å². The third-order valence-corrected chi connectivity index (χ3v) is 6.41. The molecule has 0 saturated carbocycles. The lowest BCUT2D eigenvalue weighted by atomic mass is 9.95. The van der Waals surface area contributed by atoms with Crippen LogP contribution in [0.4, 0.5) is 4.39 Å². The minimum absolute atomic E-state index is 0.300. The maximum Gasteiger partial charge on any atom is 0.260 e. The molecule has 0 aliphatic carbocycles. The Morgan fingerprint density at radius 2 is 2.00 bits per heavy atom. The molecule has 1 saturated heterocycles. The average Bonchev–Trinajstić information content (AvgIpc) is 3.40. The molecule has 1 unspecified atom stereocenters. The fourth-order valence-electron chi connectivity index (χ4n) is 4.75. The van der Waals surface area contributed by atoms with Crippen LogP contribution in [0.1, 0.15) is 35.5 Å². The third kappa shape index (κ3) is 3.64. The number of nitrogens with zero attached hydrogens (tertiary/aromatic N) is 4. The summed E-state index contributed by atoms with van der Waals surface area (Å²) in [6.07, 6.45) is 5.76. The maximum atomic E-state index is 13.5. The number of ether oxygens (including phenoxy) is 1. The lowest BCUT2D eigenvalue weighted by molar-refractivity contribution is -0.137. The summed E-state index contributed by atoms with van der Waals surface area (Å²) in [5.41, 5.74) is 3.35. The van der Waals surface area contributed by atoms with Gasteiger partial charge in [0.1, 0.15) is 24.0 Å². The zero-order chi connectivity index (χ0) is 23.9. The number of methoxy groups -OCH3 is 1. The number of aromatic nitrogens is 2. The molecule has 1 aromatic heterocycles. The van der Waals surface area contributed by atoms with E-state index in [-0.39, 0.29) is 12.4 Å². The van der Waals surface area contributed by atoms with Gasteiger partial charge in [-0.3, -0.25) is 0 Å². The summed E-state index contributed by atoms with van der Waals surface area (Å²) in [5.74, 6) is 1.98. The molecule has 7 nitrogen and oxygen atoms in total. The average molecular weight is 463 g/mol. The Morgan fingerprint density at radius 3 is 2.68 bits per heavy atom. The summed E-state index contributed by atoms with van der Waals surface area (Å²) in [7, 11) is 1.66. The number of imidazole rings is 1. The van der Waals surface area contributed by atoms with Crippen LogP contribution in [-0.2, 0) is 10.6 Å². The van der Waals surface area contributed by atoms with Gasteiger partial charge in [-0.1, -0.05) is 11.2 Å². The van der Waals surface area contributed by atoms with Crippen LogP contribution in [0.25, 0.3) is 11.8 Å². The Kier molecular flexibility index (Phi) is 5.61. The molecule has 2 aromatic carbocycles. The van der Waals surface area contributed by atoms with E-state index in [2.05, 4.69) is 16.2 Å². The second kappa shape index (κ2) is 8.61. The molecule has 0 spiro atoms. The molecule has 0 radical (unpaired) electrons. The summed E-state index contributed by atoms with van der Waals surface area (Å²) in [5, 5.41) is 14.7. The number of halogens is 1. The molecule has 2 aliphatic rings. The first kappa shape index (κ1) is 22.2. The molecule has 3 aromatic rings. The number of oxime groups is 1. The highest BCUT2D eigenvalue weighted by Crippen LogP contribution is 2.40. The molecule has 0 amide bonds. The van der Waals surface area contributed by atoms with Gasteiger partial charge in [-0.25, -0.2) is 9.37 Å². The lowest BCUT2D eigenvalue weighted by Crippen LogP contribution is -2.51. The maximum absolute atomic E-state index is 13.5. The van der Waals surface area contributed by atoms with E-state index in [9.17, 15) is 9.50 Å². The number of piperidine rings is 1. The highest BCUT2D eigenvalue weighted by Gasteiger charge is 2.49. The molecule has 0 bridgehead atoms. The predicted octanol–water partition coefficient (Wildman–Crippen LogP) is 4.31. The van der Waals surface area contributed by atoms with Gasteiger partial charge in [-0.05, 0) is 80.3 Å². The van der Waals surface area contributed by atoms with Crippen molar-refractivity contribution in [2.24, 2.45) is 5.16 Å². The summed E-state index contributed by atoms with van der Waals surface area (Å²) in [6.45, 7) is 4.30. The molecule has 176 valence electrons. The SMILES string of the molecule is COc1cc(C=C2CCCN3C2=NOC3(CO)c2ccc(F)cc2)ccc1-n1cc(C)nc1C. The first-order valence-electron chi connectivity index (χ1n) is 11.3. The van der Waals surface area contributed by atoms with E-state index in [1.54, 1.807) is 19.2 Å². The van der Waals surface area contributed by atoms with Crippen molar-refractivity contribution in [2.45, 2.75) is 32.4 Å². The Bertz CT molecular complexity index is 1280. The standard InChI is InChI=1S/C26H27FN4O3/c1-17-15-30(18(2)28-17)23-11-6-19(14-24(23)33-3)13-20-5-4-12-31-25(20)29-34-26(31,16-32)21-7-9-22(27)10-8-21/h6-11,13-15,32H,4-5,12,16H2,1-3H3. The lowest BCUT2D eigenvalue weighted by Gasteiger charge is -2.38. The van der Waals surface area contributed by atoms with Gasteiger partial charge in [0.05, 0.1) is 18.5 Å². The number of aryl methyl sites for hydroxylation is 2. The normalized spacial score (nSPS) is 20.8. The molecule has 1 fully saturated rings. The van der Waals surface area contributed by atoms with Crippen molar-refractivity contribution >= 4 is 11.9 Å². The molecular weight excluding hydrogens is 435 g/mol. The number of aliphatic hydroxyl groups is 1. The Morgan fingerprint density at radius 1 is 1.21 bits per heavy atom. The summed E-state index contributed by atoms with van der Waals surface area (Å²) >= 11 is 0. The van der Waals surface area contributed by atoms with E-state index in [4.69, 9.17) is 9.57 Å². The summed E-state index contributed by atoms with van der Waals surface area (Å²) in [6, 6.07) is 12.0. The van der Waals surface area contributed by atoms with Crippen LogP contribution in [0.2, 0.25) is 0 Å². The van der Waals surface area contributed by atoms with Crippen LogP contribution in [0.3, 0.4) is 0 Å². The third-order valence-electron chi connectivity index (χ3n) is 6.41. The molecular formula is C26H27FN4O3. The highest BCUT2D eigenvalue weighted by atomic mass is 19.1. The van der Waals surface area contributed by atoms with Crippen molar-refractivity contribution in [2.75, 3.05) is 20.3 Å². The van der Waals surface area contributed by atoms with Crippen molar-refractivity contribution < 1.29 is 19.1 Å². The fourth-order valence-corrected chi connectivity index (χ4v) is 4.75. The highest BCUT2D eigenvalue weighted by molar-refractivity contribution is 6.03. The van der Waals surface area contributed by atoms with E-state index < -0.39 is 5.72 Å². The summed E-state index contributed by atoms with van der Waals surface area (Å²) < 4.78 is 21.2. The minimum Gasteiger partial charge on any atom is -0.495 e. The van der Waals surface area contributed by atoms with Crippen LogP contribution in [-0.4, -0.2) is 45.7 Å². The minimum atomic E-state index is -1.15. The number of amidine groups is 1. The number of hydrogen-bond donors (Lipinski definition) is 1. The second-order valence-corrected chi connectivity index (χ2v) is 8.61. The van der Waals surface area contributed by atoms with Crippen LogP contribution in [0.5, 0.6) is 5.75 Å². The van der Waals surface area contributed by atoms with Crippen LogP contribution in [0, 0.1) is 19.7 Å². The second-order valence-electron chi connectivity index (χ2n) is 8.61. The molecule has 3 heterocycles. The van der Waals surface area contributed by atoms with Gasteiger partial charge in [-0.2, -0.15) is 0 Å². The Labute approximate surface area is 197 Å². The van der Waals surface area contributed by atoms with Crippen LogP contribution < -0.4 is 4.74 Å². The van der Waals surface area contributed by atoms with Gasteiger partial charge in [-0.15, -0.1) is 0 Å². The molecule has 8 heteroatoms. The smallest absolute Gasteiger partial charge is 0.260 e. The molecule has 34 heavy (non-hydrogen) atoms. The number of rotatable bonds is 5. The van der Waals surface area contributed by atoms with Crippen molar-refractivity contribution in [1.29, 1.82) is 0 Å². The van der Waals surface area contributed by atoms with Gasteiger partial charge >= 0.3 is 0 Å². The monoisotopic (exact) mass is 462 g/mol. The van der Waals surface area contributed by atoms with Gasteiger partial charge in [0.2, 0.25) is 0 Å². The molecule has 1 atom stereocenters. The largest absolute Gasteiger partial charge is 0.495 e. The van der Waals surface area contributed by atoms with Crippen LogP contribution in [0.15, 0.2) is 59.4 Å². The van der Waals surface area contributed by atoms with E-state index in [0.29, 0.717) is 17.9 Å². The van der Waals surface area contributed by atoms with Gasteiger partial charge < -0.3 is 24.1 Å². The Hall–Kier alpha value is -3.65. The zero-order valence-corrected chi connectivity index (χ0v) is 19.5. The number of benzene rings is 2. The fraction of sp³-hybridized carbons (Fsp3) is 0.308. The summed E-state index contributed by atoms with van der Waals surface area (Å²) in [4.78, 5) is 12.3. The van der Waals surface area contributed by atoms with Crippen LogP contribution >= 0.6 is 0 Å². The first-order chi connectivity index (χ1) is 16.4. The van der Waals surface area contributed by atoms with Crippen molar-refractivity contribution in [3.63, 3.8) is 0 Å². The van der Waals surface area contributed by atoms with Crippen molar-refractivity contribution in [1.82, 2.24) is 14.5 Å². The van der Waals surface area contributed by atoms with Gasteiger partial charge in [0.25, 0.3) is 5.72 Å². The van der Waals surface area contributed by atoms with E-state index in [1.807, 2.05) is 47.7 Å². The topological polar surface area (TPSA) is 72.1 Å². The van der Waals surface area contributed by atoms with E-state index >= 15 is 0 Å². The quantitative estimate of drug-likeness (QED) is 0.612. The Balaban J connectivity index is 1.48. The zero-order valence-electron chi connectivity index (χ0n) is 19.5. The first-order valence-corrected chi connectivity index (χ1v) is 11.3. The van der Waals surface area contributed by atoms with Crippen molar-refractivity contribution in [3.05, 3.63) is 82.7 Å². The predicted molar refractivity (Wildman–Crippen MR) is 127 cm³/mol. The molecule has 2 aliphatic heterocycles. The number of hydrogen-bond acceptors (Lipinski definition) is 6. The van der Waals surface area contributed by atoms with Crippen molar-refractivity contribution in [3.8, 4) is 11.4 Å². The number of aliphatic hydroxyl groups excluding tert-OH is 1. The van der Waals surface area contributed by atoms with E-state index in [1.165, 1.54) is 12.1 Å². The molecule has 1 N–H and O–H groups in total. The van der Waals surface area contributed by atoms with Gasteiger partial charge in [0, 0.05) is 18.3 Å². The molecule has 5 rings (SSSR count). The van der Waals surface area contributed by atoms with E-state index in [0.717, 1.165) is 46.9 Å².